The Morgan fingerprint density at radius 3 is 2.32 bits per heavy atom. The fraction of sp³-hybridized carbons (Fsp3) is 0.417. The van der Waals surface area contributed by atoms with Crippen molar-refractivity contribution in [3.63, 3.8) is 0 Å². The Balaban J connectivity index is 0.00000342. The summed E-state index contributed by atoms with van der Waals surface area (Å²) in [6, 6.07) is 6.68. The zero-order valence-corrected chi connectivity index (χ0v) is 19.1. The first kappa shape index (κ1) is 24.0. The van der Waals surface area contributed by atoms with E-state index in [-0.39, 0.29) is 24.2 Å². The summed E-state index contributed by atoms with van der Waals surface area (Å²) >= 11 is 0. The van der Waals surface area contributed by atoms with E-state index in [2.05, 4.69) is 36.2 Å². The van der Waals surface area contributed by atoms with Crippen LogP contribution in [0.3, 0.4) is 0 Å². The molecule has 0 amide bonds. The zero-order valence-electron chi connectivity index (χ0n) is 19.1. The largest absolute Gasteiger partial charge is 0.416 e. The highest BCUT2D eigenvalue weighted by atomic mass is 19.4. The van der Waals surface area contributed by atoms with Crippen molar-refractivity contribution in [2.45, 2.75) is 39.8 Å². The van der Waals surface area contributed by atoms with Gasteiger partial charge in [0.05, 0.1) is 11.3 Å². The van der Waals surface area contributed by atoms with Crippen LogP contribution in [-0.4, -0.2) is 27.9 Å². The first-order chi connectivity index (χ1) is 15.9. The third-order valence-electron chi connectivity index (χ3n) is 6.12. The number of nitrogens with zero attached hydrogens (tertiary/aromatic N) is 4. The minimum atomic E-state index is -4.53. The number of anilines is 3. The molecule has 1 atom stereocenters. The summed E-state index contributed by atoms with van der Waals surface area (Å²) in [5.74, 6) is -1.20. The van der Waals surface area contributed by atoms with Gasteiger partial charge in [0.2, 0.25) is 5.95 Å². The molecule has 0 bridgehead atoms. The molecule has 1 N–H and O–H groups in total. The highest BCUT2D eigenvalue weighted by molar-refractivity contribution is 5.64. The molecule has 0 unspecified atom stereocenters. The van der Waals surface area contributed by atoms with Crippen molar-refractivity contribution in [3.8, 4) is 5.69 Å². The maximum Gasteiger partial charge on any atom is 0.416 e. The molecule has 5 nitrogen and oxygen atoms in total. The summed E-state index contributed by atoms with van der Waals surface area (Å²) in [7, 11) is 0. The molecule has 2 heterocycles. The lowest BCUT2D eigenvalue weighted by atomic mass is 9.76. The van der Waals surface area contributed by atoms with E-state index >= 15 is 0 Å². The Bertz CT molecular complexity index is 1150. The topological polar surface area (TPSA) is 46.0 Å². The summed E-state index contributed by atoms with van der Waals surface area (Å²) in [5.41, 5.74) is 0.0132. The van der Waals surface area contributed by atoms with E-state index in [0.717, 1.165) is 47.9 Å². The number of nitrogens with one attached hydrogen (secondary N) is 1. The highest BCUT2D eigenvalue weighted by Gasteiger charge is 2.34. The van der Waals surface area contributed by atoms with Crippen molar-refractivity contribution < 1.29 is 23.4 Å². The number of alkyl halides is 3. The molecule has 1 aromatic heterocycles. The lowest BCUT2D eigenvalue weighted by Crippen LogP contribution is -2.40. The molecule has 1 fully saturated rings. The van der Waals surface area contributed by atoms with Crippen LogP contribution in [0.4, 0.5) is 39.3 Å². The molecule has 10 heteroatoms. The molecule has 184 valence electrons. The smallest absolute Gasteiger partial charge is 0.371 e. The van der Waals surface area contributed by atoms with Gasteiger partial charge in [-0.15, -0.1) is 5.10 Å². The minimum absolute atomic E-state index is 0. The monoisotopic (exact) mass is 481 g/mol. The van der Waals surface area contributed by atoms with E-state index in [1.54, 1.807) is 6.07 Å². The van der Waals surface area contributed by atoms with E-state index in [1.807, 2.05) is 4.90 Å². The summed E-state index contributed by atoms with van der Waals surface area (Å²) in [6.45, 7) is 7.78. The first-order valence-corrected chi connectivity index (χ1v) is 11.0. The standard InChI is InChI=1S/C24H26F5N5.H2/c1-23(2,3)15-5-4-6-33(13-15)20-8-16(24(27,28)29)7-19(12-20)31-22-30-14-34(32-22)21-10-17(25)9-18(26)11-21;/h7-12,14-15H,4-6,13H2,1-3H3,(H,31,32);1H/t15-;/m0./s1. The van der Waals surface area contributed by atoms with E-state index in [1.165, 1.54) is 6.33 Å². The van der Waals surface area contributed by atoms with Crippen LogP contribution in [0.25, 0.3) is 5.69 Å². The Morgan fingerprint density at radius 2 is 1.68 bits per heavy atom. The van der Waals surface area contributed by atoms with Crippen LogP contribution in [0.5, 0.6) is 0 Å². The maximum atomic E-state index is 13.7. The van der Waals surface area contributed by atoms with Gasteiger partial charge < -0.3 is 10.2 Å². The van der Waals surface area contributed by atoms with Crippen LogP contribution in [0, 0.1) is 23.0 Å². The van der Waals surface area contributed by atoms with Gasteiger partial charge in [0.25, 0.3) is 0 Å². The first-order valence-electron chi connectivity index (χ1n) is 11.0. The lowest BCUT2D eigenvalue weighted by molar-refractivity contribution is -0.137. The second-order valence-corrected chi connectivity index (χ2v) is 9.68. The van der Waals surface area contributed by atoms with Gasteiger partial charge in [-0.1, -0.05) is 20.8 Å². The molecule has 4 rings (SSSR count). The Hall–Kier alpha value is -3.17. The number of halogens is 5. The van der Waals surface area contributed by atoms with E-state index in [9.17, 15) is 22.0 Å². The quantitative estimate of drug-likeness (QED) is 0.416. The lowest BCUT2D eigenvalue weighted by Gasteiger charge is -2.41. The molecule has 3 aromatic rings. The molecule has 34 heavy (non-hydrogen) atoms. The van der Waals surface area contributed by atoms with Gasteiger partial charge in [-0.2, -0.15) is 18.2 Å². The predicted molar refractivity (Wildman–Crippen MR) is 123 cm³/mol. The van der Waals surface area contributed by atoms with Crippen molar-refractivity contribution >= 4 is 17.3 Å². The van der Waals surface area contributed by atoms with Gasteiger partial charge in [-0.25, -0.2) is 13.5 Å². The second-order valence-electron chi connectivity index (χ2n) is 9.68. The van der Waals surface area contributed by atoms with Crippen LogP contribution in [-0.2, 0) is 6.18 Å². The second kappa shape index (κ2) is 8.88. The number of hydrogen-bond donors (Lipinski definition) is 1. The SMILES string of the molecule is CC(C)(C)[C@H]1CCCN(c2cc(Nc3ncn(-c4cc(F)cc(F)c4)n3)cc(C(F)(F)F)c2)C1.[HH]. The summed E-state index contributed by atoms with van der Waals surface area (Å²) in [5, 5.41) is 6.90. The number of hydrogen-bond acceptors (Lipinski definition) is 4. The number of rotatable bonds is 4. The van der Waals surface area contributed by atoms with Crippen LogP contribution < -0.4 is 10.2 Å². The summed E-state index contributed by atoms with van der Waals surface area (Å²) < 4.78 is 69.2. The third-order valence-corrected chi connectivity index (χ3v) is 6.12. The molecule has 1 aliphatic rings. The van der Waals surface area contributed by atoms with Crippen molar-refractivity contribution in [1.29, 1.82) is 0 Å². The maximum absolute atomic E-state index is 13.7. The Kier molecular flexibility index (Phi) is 6.26. The summed E-state index contributed by atoms with van der Waals surface area (Å²) in [6.07, 6.45) is -1.37. The third kappa shape index (κ3) is 5.48. The van der Waals surface area contributed by atoms with Crippen LogP contribution in [0.2, 0.25) is 0 Å². The van der Waals surface area contributed by atoms with Gasteiger partial charge in [0, 0.05) is 32.0 Å². The molecule has 2 aromatic carbocycles. The Labute approximate surface area is 196 Å². The van der Waals surface area contributed by atoms with E-state index in [0.29, 0.717) is 24.7 Å². The molecule has 0 saturated carbocycles. The molecule has 0 spiro atoms. The normalized spacial score (nSPS) is 17.2. The predicted octanol–water partition coefficient (Wildman–Crippen LogP) is 6.82. The number of aromatic nitrogens is 3. The molecular weight excluding hydrogens is 453 g/mol. The summed E-state index contributed by atoms with van der Waals surface area (Å²) in [4.78, 5) is 6.01. The van der Waals surface area contributed by atoms with Crippen molar-refractivity contribution in [2.24, 2.45) is 11.3 Å². The fourth-order valence-corrected chi connectivity index (χ4v) is 4.19. The van der Waals surface area contributed by atoms with Gasteiger partial charge in [-0.05, 0) is 54.5 Å². The molecule has 1 saturated heterocycles. The van der Waals surface area contributed by atoms with Gasteiger partial charge >= 0.3 is 6.18 Å². The fourth-order valence-electron chi connectivity index (χ4n) is 4.19. The van der Waals surface area contributed by atoms with Crippen molar-refractivity contribution in [1.82, 2.24) is 14.8 Å². The van der Waals surface area contributed by atoms with E-state index < -0.39 is 23.4 Å². The molecule has 1 aliphatic heterocycles. The average molecular weight is 482 g/mol. The van der Waals surface area contributed by atoms with Gasteiger partial charge in [0.1, 0.15) is 18.0 Å². The highest BCUT2D eigenvalue weighted by Crippen LogP contribution is 2.38. The van der Waals surface area contributed by atoms with Crippen molar-refractivity contribution in [2.75, 3.05) is 23.3 Å². The molecule has 0 aliphatic carbocycles. The zero-order chi connectivity index (χ0) is 24.7. The van der Waals surface area contributed by atoms with E-state index in [4.69, 9.17) is 0 Å². The number of piperidine rings is 1. The van der Waals surface area contributed by atoms with Gasteiger partial charge in [0.15, 0.2) is 0 Å². The van der Waals surface area contributed by atoms with Crippen LogP contribution in [0.1, 0.15) is 40.6 Å². The number of benzene rings is 2. The minimum Gasteiger partial charge on any atom is -0.371 e. The van der Waals surface area contributed by atoms with Crippen LogP contribution in [0.15, 0.2) is 42.7 Å². The molecule has 0 radical (unpaired) electrons. The van der Waals surface area contributed by atoms with Crippen LogP contribution >= 0.6 is 0 Å². The van der Waals surface area contributed by atoms with Gasteiger partial charge in [-0.3, -0.25) is 0 Å². The Morgan fingerprint density at radius 1 is 0.971 bits per heavy atom. The average Bonchev–Trinajstić information content (AvgIpc) is 3.20. The van der Waals surface area contributed by atoms with Crippen molar-refractivity contribution in [3.05, 3.63) is 59.9 Å². The molecular formula is C24H28F5N5.